The fourth-order valence-corrected chi connectivity index (χ4v) is 7.65. The van der Waals surface area contributed by atoms with Gasteiger partial charge in [-0.25, -0.2) is 0 Å². The molecule has 9 rings (SSSR count). The molecule has 0 bridgehead atoms. The van der Waals surface area contributed by atoms with Crippen LogP contribution in [0.4, 0.5) is 0 Å². The van der Waals surface area contributed by atoms with Gasteiger partial charge in [0.2, 0.25) is 0 Å². The second kappa shape index (κ2) is 11.9. The van der Waals surface area contributed by atoms with E-state index in [1.165, 1.54) is 32.7 Å². The van der Waals surface area contributed by atoms with E-state index in [9.17, 15) is 15.8 Å². The van der Waals surface area contributed by atoms with Crippen LogP contribution in [-0.2, 0) is 0 Å². The highest BCUT2D eigenvalue weighted by atomic mass is 15.0. The van der Waals surface area contributed by atoms with E-state index in [2.05, 4.69) is 132 Å². The van der Waals surface area contributed by atoms with Crippen LogP contribution in [0.5, 0.6) is 0 Å². The molecule has 0 saturated heterocycles. The van der Waals surface area contributed by atoms with Crippen molar-refractivity contribution in [1.29, 1.82) is 15.8 Å². The van der Waals surface area contributed by atoms with Crippen molar-refractivity contribution in [2.45, 2.75) is 0 Å². The fourth-order valence-electron chi connectivity index (χ4n) is 7.65. The minimum Gasteiger partial charge on any atom is -0.309 e. The van der Waals surface area contributed by atoms with Gasteiger partial charge in [0, 0.05) is 22.0 Å². The summed E-state index contributed by atoms with van der Waals surface area (Å²) in [6, 6.07) is 60.4. The first-order valence-corrected chi connectivity index (χ1v) is 16.7. The zero-order valence-corrected chi connectivity index (χ0v) is 27.3. The molecule has 0 radical (unpaired) electrons. The van der Waals surface area contributed by atoms with E-state index in [4.69, 9.17) is 0 Å². The van der Waals surface area contributed by atoms with Crippen molar-refractivity contribution in [1.82, 2.24) is 4.57 Å². The molecule has 0 saturated carbocycles. The lowest BCUT2D eigenvalue weighted by atomic mass is 9.85. The molecule has 4 heteroatoms. The van der Waals surface area contributed by atoms with Crippen molar-refractivity contribution >= 4 is 43.4 Å². The number of fused-ring (bicyclic) bond motifs is 5. The van der Waals surface area contributed by atoms with Gasteiger partial charge in [0.05, 0.1) is 45.9 Å². The first-order chi connectivity index (χ1) is 25.2. The van der Waals surface area contributed by atoms with Gasteiger partial charge < -0.3 is 4.57 Å². The molecule has 0 fully saturated rings. The molecule has 234 valence electrons. The number of benzene rings is 8. The maximum Gasteiger partial charge on any atom is 0.0998 e. The van der Waals surface area contributed by atoms with Gasteiger partial charge in [-0.3, -0.25) is 0 Å². The SMILES string of the molecule is N#Cc1ccc2c(c1)c1cc(C#N)ccc1n2-c1ccc(C#N)c(-c2cccc(-c3c4ccccc4c(-c4ccccc4)c4ccccc34)c2)c1. The average Bonchev–Trinajstić information content (AvgIpc) is 3.52. The quantitative estimate of drug-likeness (QED) is 0.179. The first kappa shape index (κ1) is 29.7. The van der Waals surface area contributed by atoms with Gasteiger partial charge in [-0.05, 0) is 110 Å². The Labute approximate surface area is 294 Å². The minimum atomic E-state index is 0.554. The Kier molecular flexibility index (Phi) is 6.93. The zero-order chi connectivity index (χ0) is 34.5. The van der Waals surface area contributed by atoms with Crippen molar-refractivity contribution in [3.05, 3.63) is 174 Å². The topological polar surface area (TPSA) is 76.3 Å². The van der Waals surface area contributed by atoms with E-state index < -0.39 is 0 Å². The largest absolute Gasteiger partial charge is 0.309 e. The van der Waals surface area contributed by atoms with Gasteiger partial charge in [-0.1, -0.05) is 97.1 Å². The number of nitriles is 3. The minimum absolute atomic E-state index is 0.554. The summed E-state index contributed by atoms with van der Waals surface area (Å²) in [5.74, 6) is 0. The second-order valence-electron chi connectivity index (χ2n) is 12.7. The van der Waals surface area contributed by atoms with E-state index in [1.807, 2.05) is 48.5 Å². The standard InChI is InChI=1S/C47H26N4/c48-27-30-17-21-44-42(23-30)43-24-31(28-49)18-22-45(43)51(44)36-20-19-35(29-50)41(26-36)33-11-8-12-34(25-33)47-39-15-6-4-13-37(39)46(32-9-2-1-3-10-32)38-14-5-7-16-40(38)47/h1-26H. The summed E-state index contributed by atoms with van der Waals surface area (Å²) in [5.41, 5.74) is 10.8. The van der Waals surface area contributed by atoms with Gasteiger partial charge >= 0.3 is 0 Å². The monoisotopic (exact) mass is 646 g/mol. The molecule has 1 heterocycles. The maximum atomic E-state index is 10.3. The average molecular weight is 647 g/mol. The van der Waals surface area contributed by atoms with Crippen LogP contribution in [-0.4, -0.2) is 4.57 Å². The smallest absolute Gasteiger partial charge is 0.0998 e. The summed E-state index contributed by atoms with van der Waals surface area (Å²) in [4.78, 5) is 0. The number of aromatic nitrogens is 1. The zero-order valence-electron chi connectivity index (χ0n) is 27.3. The Balaban J connectivity index is 1.27. The summed E-state index contributed by atoms with van der Waals surface area (Å²) in [7, 11) is 0. The van der Waals surface area contributed by atoms with E-state index in [0.29, 0.717) is 16.7 Å². The predicted octanol–water partition coefficient (Wildman–Crippen LogP) is 11.7. The van der Waals surface area contributed by atoms with E-state index in [1.54, 1.807) is 0 Å². The van der Waals surface area contributed by atoms with Crippen molar-refractivity contribution in [2.75, 3.05) is 0 Å². The molecule has 0 N–H and O–H groups in total. The van der Waals surface area contributed by atoms with Crippen molar-refractivity contribution in [3.8, 4) is 57.3 Å². The van der Waals surface area contributed by atoms with E-state index >= 15 is 0 Å². The molecular formula is C47H26N4. The Morgan fingerprint density at radius 1 is 0.373 bits per heavy atom. The van der Waals surface area contributed by atoms with Gasteiger partial charge in [-0.15, -0.1) is 0 Å². The van der Waals surface area contributed by atoms with Crippen LogP contribution >= 0.6 is 0 Å². The molecule has 0 amide bonds. The van der Waals surface area contributed by atoms with Gasteiger partial charge in [-0.2, -0.15) is 15.8 Å². The van der Waals surface area contributed by atoms with Crippen molar-refractivity contribution in [3.63, 3.8) is 0 Å². The van der Waals surface area contributed by atoms with Crippen LogP contribution in [0, 0.1) is 34.0 Å². The first-order valence-electron chi connectivity index (χ1n) is 16.7. The van der Waals surface area contributed by atoms with Gasteiger partial charge in [0.1, 0.15) is 0 Å². The Bertz CT molecular complexity index is 2870. The van der Waals surface area contributed by atoms with Crippen LogP contribution in [0.2, 0.25) is 0 Å². The molecule has 0 aliphatic heterocycles. The van der Waals surface area contributed by atoms with Crippen LogP contribution in [0.3, 0.4) is 0 Å². The molecule has 0 aliphatic carbocycles. The summed E-state index contributed by atoms with van der Waals surface area (Å²) in [6.45, 7) is 0. The molecule has 4 nitrogen and oxygen atoms in total. The number of nitrogens with zero attached hydrogens (tertiary/aromatic N) is 4. The molecule has 0 aliphatic rings. The van der Waals surface area contributed by atoms with Crippen LogP contribution in [0.25, 0.3) is 82.4 Å². The highest BCUT2D eigenvalue weighted by Crippen LogP contribution is 2.44. The molecule has 0 atom stereocenters. The summed E-state index contributed by atoms with van der Waals surface area (Å²) >= 11 is 0. The van der Waals surface area contributed by atoms with Crippen molar-refractivity contribution < 1.29 is 0 Å². The third-order valence-corrected chi connectivity index (χ3v) is 9.86. The summed E-state index contributed by atoms with van der Waals surface area (Å²) in [6.07, 6.45) is 0. The molecule has 8 aromatic carbocycles. The predicted molar refractivity (Wildman–Crippen MR) is 206 cm³/mol. The lowest BCUT2D eigenvalue weighted by Crippen LogP contribution is -1.96. The Morgan fingerprint density at radius 2 is 0.882 bits per heavy atom. The molecule has 9 aromatic rings. The third kappa shape index (κ3) is 4.74. The summed E-state index contributed by atoms with van der Waals surface area (Å²) in [5, 5.41) is 36.2. The lowest BCUT2D eigenvalue weighted by molar-refractivity contribution is 1.18. The molecule has 0 spiro atoms. The lowest BCUT2D eigenvalue weighted by Gasteiger charge is -2.18. The van der Waals surface area contributed by atoms with Crippen LogP contribution in [0.1, 0.15) is 16.7 Å². The van der Waals surface area contributed by atoms with E-state index in [0.717, 1.165) is 49.7 Å². The molecule has 1 aromatic heterocycles. The number of hydrogen-bond acceptors (Lipinski definition) is 3. The molecular weight excluding hydrogens is 621 g/mol. The maximum absolute atomic E-state index is 10.3. The highest BCUT2D eigenvalue weighted by Gasteiger charge is 2.19. The third-order valence-electron chi connectivity index (χ3n) is 9.86. The van der Waals surface area contributed by atoms with Crippen LogP contribution in [0.15, 0.2) is 158 Å². The van der Waals surface area contributed by atoms with Crippen molar-refractivity contribution in [2.24, 2.45) is 0 Å². The Morgan fingerprint density at radius 3 is 1.43 bits per heavy atom. The summed E-state index contributed by atoms with van der Waals surface area (Å²) < 4.78 is 2.14. The number of hydrogen-bond donors (Lipinski definition) is 0. The fraction of sp³-hybridized carbons (Fsp3) is 0. The normalized spacial score (nSPS) is 11.1. The molecule has 0 unspecified atom stereocenters. The van der Waals surface area contributed by atoms with Gasteiger partial charge in [0.25, 0.3) is 0 Å². The number of rotatable bonds is 4. The Hall–Kier alpha value is -7.45. The van der Waals surface area contributed by atoms with Gasteiger partial charge in [0.15, 0.2) is 0 Å². The highest BCUT2D eigenvalue weighted by molar-refractivity contribution is 6.21. The second-order valence-corrected chi connectivity index (χ2v) is 12.7. The molecule has 51 heavy (non-hydrogen) atoms. The van der Waals surface area contributed by atoms with Crippen LogP contribution < -0.4 is 0 Å². The van der Waals surface area contributed by atoms with E-state index in [-0.39, 0.29) is 0 Å².